The van der Waals surface area contributed by atoms with Crippen LogP contribution >= 0.6 is 7.82 Å². The number of hydrogen-bond donors (Lipinski definition) is 3. The van der Waals surface area contributed by atoms with Crippen LogP contribution in [-0.4, -0.2) is 65.7 Å². The van der Waals surface area contributed by atoms with Gasteiger partial charge in [-0.1, -0.05) is 128 Å². The van der Waals surface area contributed by atoms with Crippen LogP contribution in [0.1, 0.15) is 174 Å². The van der Waals surface area contributed by atoms with Crippen LogP contribution in [0.4, 0.5) is 0 Å². The Labute approximate surface area is 331 Å². The summed E-state index contributed by atoms with van der Waals surface area (Å²) in [5, 5.41) is 8.87. The summed E-state index contributed by atoms with van der Waals surface area (Å²) in [6.07, 6.45) is 34.6. The molecule has 0 aromatic rings. The van der Waals surface area contributed by atoms with Crippen molar-refractivity contribution in [3.05, 3.63) is 36.5 Å². The van der Waals surface area contributed by atoms with Crippen molar-refractivity contribution in [1.82, 2.24) is 0 Å². The van der Waals surface area contributed by atoms with Gasteiger partial charge < -0.3 is 25.2 Å². The third-order valence-corrected chi connectivity index (χ3v) is 9.79. The minimum Gasteiger partial charge on any atom is -0.480 e. The van der Waals surface area contributed by atoms with Crippen molar-refractivity contribution in [2.45, 2.75) is 187 Å². The van der Waals surface area contributed by atoms with Gasteiger partial charge in [0, 0.05) is 19.3 Å². The van der Waals surface area contributed by atoms with E-state index in [4.69, 9.17) is 24.8 Å². The molecule has 0 fully saturated rings. The fourth-order valence-electron chi connectivity index (χ4n) is 5.45. The summed E-state index contributed by atoms with van der Waals surface area (Å²) in [4.78, 5) is 57.9. The summed E-state index contributed by atoms with van der Waals surface area (Å²) in [7, 11) is -4.75. The van der Waals surface area contributed by atoms with Crippen molar-refractivity contribution in [3.63, 3.8) is 0 Å². The van der Waals surface area contributed by atoms with E-state index in [1.54, 1.807) is 12.2 Å². The minimum atomic E-state index is -4.75. The van der Waals surface area contributed by atoms with Crippen LogP contribution in [0.15, 0.2) is 36.5 Å². The Morgan fingerprint density at radius 1 is 0.600 bits per heavy atom. The number of hydrogen-bond acceptors (Lipinski definition) is 10. The van der Waals surface area contributed by atoms with Gasteiger partial charge in [-0.3, -0.25) is 28.2 Å². The van der Waals surface area contributed by atoms with Crippen LogP contribution in [0.5, 0.6) is 0 Å². The first kappa shape index (κ1) is 52.4. The Balaban J connectivity index is 4.49. The number of unbranched alkanes of at least 4 members (excludes halogenated alkanes) is 18. The largest absolute Gasteiger partial charge is 0.480 e. The number of carbonyl (C=O) groups is 4. The second-order valence-electron chi connectivity index (χ2n) is 14.2. The summed E-state index contributed by atoms with van der Waals surface area (Å²) < 4.78 is 32.5. The summed E-state index contributed by atoms with van der Waals surface area (Å²) in [5.41, 5.74) is 5.32. The number of phosphoric acid groups is 1. The van der Waals surface area contributed by atoms with Crippen molar-refractivity contribution in [3.8, 4) is 0 Å². The van der Waals surface area contributed by atoms with Crippen molar-refractivity contribution in [1.29, 1.82) is 0 Å². The van der Waals surface area contributed by atoms with E-state index in [2.05, 4.69) is 36.6 Å². The number of carboxylic acid groups (broad SMARTS) is 1. The number of esters is 2. The summed E-state index contributed by atoms with van der Waals surface area (Å²) >= 11 is 0. The zero-order valence-electron chi connectivity index (χ0n) is 34.0. The van der Waals surface area contributed by atoms with Crippen molar-refractivity contribution < 1.29 is 52.3 Å². The van der Waals surface area contributed by atoms with E-state index in [0.717, 1.165) is 77.0 Å². The highest BCUT2D eigenvalue weighted by molar-refractivity contribution is 7.47. The summed E-state index contributed by atoms with van der Waals surface area (Å²) in [5.74, 6) is -2.41. The zero-order valence-corrected chi connectivity index (χ0v) is 34.9. The topological polar surface area (TPSA) is 189 Å². The lowest BCUT2D eigenvalue weighted by molar-refractivity contribution is -0.161. The lowest BCUT2D eigenvalue weighted by Gasteiger charge is -2.20. The maximum atomic E-state index is 12.6. The molecule has 0 saturated carbocycles. The molecule has 13 heteroatoms. The van der Waals surface area contributed by atoms with E-state index in [0.29, 0.717) is 19.3 Å². The molecule has 0 amide bonds. The fraction of sp³-hybridized carbons (Fsp3) is 0.762. The summed E-state index contributed by atoms with van der Waals surface area (Å²) in [6.45, 7) is 2.61. The Hall–Kier alpha value is -2.63. The lowest BCUT2D eigenvalue weighted by Crippen LogP contribution is -2.34. The molecule has 0 aliphatic carbocycles. The summed E-state index contributed by atoms with van der Waals surface area (Å²) in [6, 6.07) is -1.54. The fourth-order valence-corrected chi connectivity index (χ4v) is 6.23. The van der Waals surface area contributed by atoms with E-state index < -0.39 is 51.1 Å². The molecular weight excluding hydrogens is 725 g/mol. The first-order valence-corrected chi connectivity index (χ1v) is 22.5. The lowest BCUT2D eigenvalue weighted by atomic mass is 10.1. The predicted octanol–water partition coefficient (Wildman–Crippen LogP) is 10.0. The molecule has 0 spiro atoms. The first-order valence-electron chi connectivity index (χ1n) is 21.0. The number of allylic oxidation sites excluding steroid dienone is 6. The molecule has 55 heavy (non-hydrogen) atoms. The molecule has 0 aliphatic heterocycles. The second kappa shape index (κ2) is 37.0. The van der Waals surface area contributed by atoms with Crippen LogP contribution in [-0.2, 0) is 42.3 Å². The van der Waals surface area contributed by atoms with Gasteiger partial charge in [0.2, 0.25) is 0 Å². The van der Waals surface area contributed by atoms with E-state index in [-0.39, 0.29) is 25.2 Å². The molecule has 0 radical (unpaired) electrons. The average Bonchev–Trinajstić information content (AvgIpc) is 3.15. The van der Waals surface area contributed by atoms with Gasteiger partial charge >= 0.3 is 25.7 Å². The van der Waals surface area contributed by atoms with Crippen LogP contribution in [0.25, 0.3) is 0 Å². The molecular formula is C42H74NO11P. The SMILES string of the molecule is CCCCC/C=C\C=C\C(=O)CCCCCCCC(=O)O[C@H](COC(=O)CCCCCCC/C=C\CCCCCCCC)COP(=O)(O)OC[C@H](N)C(=O)O. The molecule has 0 rings (SSSR count). The van der Waals surface area contributed by atoms with E-state index in [1.807, 2.05) is 6.08 Å². The highest BCUT2D eigenvalue weighted by atomic mass is 31.2. The molecule has 4 N–H and O–H groups in total. The Morgan fingerprint density at radius 3 is 1.67 bits per heavy atom. The molecule has 3 atom stereocenters. The molecule has 0 saturated heterocycles. The van der Waals surface area contributed by atoms with Gasteiger partial charge in [-0.25, -0.2) is 4.57 Å². The van der Waals surface area contributed by atoms with Gasteiger partial charge in [-0.2, -0.15) is 0 Å². The number of rotatable bonds is 39. The molecule has 318 valence electrons. The maximum Gasteiger partial charge on any atom is 0.472 e. The predicted molar refractivity (Wildman–Crippen MR) is 217 cm³/mol. The van der Waals surface area contributed by atoms with Gasteiger partial charge in [0.25, 0.3) is 0 Å². The van der Waals surface area contributed by atoms with E-state index in [1.165, 1.54) is 51.4 Å². The normalized spacial score (nSPS) is 14.0. The van der Waals surface area contributed by atoms with Gasteiger partial charge in [0.05, 0.1) is 13.2 Å². The van der Waals surface area contributed by atoms with Crippen molar-refractivity contribution in [2.75, 3.05) is 19.8 Å². The van der Waals surface area contributed by atoms with Gasteiger partial charge in [0.1, 0.15) is 12.6 Å². The van der Waals surface area contributed by atoms with E-state index >= 15 is 0 Å². The molecule has 1 unspecified atom stereocenters. The maximum absolute atomic E-state index is 12.6. The number of nitrogens with two attached hydrogens (primary N) is 1. The molecule has 12 nitrogen and oxygen atoms in total. The van der Waals surface area contributed by atoms with Crippen LogP contribution in [0, 0.1) is 0 Å². The molecule has 0 aliphatic rings. The van der Waals surface area contributed by atoms with Gasteiger partial charge in [0.15, 0.2) is 11.9 Å². The van der Waals surface area contributed by atoms with Crippen LogP contribution in [0.2, 0.25) is 0 Å². The van der Waals surface area contributed by atoms with Crippen molar-refractivity contribution >= 4 is 31.5 Å². The zero-order chi connectivity index (χ0) is 40.8. The number of phosphoric ester groups is 1. The number of aliphatic carboxylic acids is 1. The Morgan fingerprint density at radius 2 is 1.07 bits per heavy atom. The highest BCUT2D eigenvalue weighted by Gasteiger charge is 2.28. The molecule has 0 aromatic carbocycles. The monoisotopic (exact) mass is 799 g/mol. The average molecular weight is 800 g/mol. The smallest absolute Gasteiger partial charge is 0.472 e. The van der Waals surface area contributed by atoms with Crippen LogP contribution in [0.3, 0.4) is 0 Å². The third kappa shape index (κ3) is 36.7. The molecule has 0 aromatic heterocycles. The standard InChI is InChI=1S/C42H74NO11P/c1-3-5-7-9-11-12-13-14-15-16-17-18-20-24-28-32-40(45)51-34-38(35-52-55(49,50)53-36-39(43)42(47)48)54-41(46)33-29-25-21-23-27-31-37(44)30-26-22-19-10-8-6-4-2/h14-15,19,22,26,30,38-39H,3-13,16-18,20-21,23-25,27-29,31-36,43H2,1-2H3,(H,47,48)(H,49,50)/b15-14-,22-19-,30-26+/t38-,39+/m1/s1. The Bertz CT molecular complexity index is 1140. The quantitative estimate of drug-likeness (QED) is 0.0133. The number of ketones is 1. The van der Waals surface area contributed by atoms with Crippen LogP contribution < -0.4 is 5.73 Å². The van der Waals surface area contributed by atoms with Crippen molar-refractivity contribution in [2.24, 2.45) is 5.73 Å². The highest BCUT2D eigenvalue weighted by Crippen LogP contribution is 2.43. The van der Waals surface area contributed by atoms with Gasteiger partial charge in [-0.15, -0.1) is 0 Å². The van der Waals surface area contributed by atoms with E-state index in [9.17, 15) is 28.6 Å². The number of ether oxygens (including phenoxy) is 2. The third-order valence-electron chi connectivity index (χ3n) is 8.84. The number of carboxylic acids is 1. The minimum absolute atomic E-state index is 0.0758. The van der Waals surface area contributed by atoms with Gasteiger partial charge in [-0.05, 0) is 63.9 Å². The second-order valence-corrected chi connectivity index (χ2v) is 15.6. The number of carbonyl (C=O) groups excluding carboxylic acids is 3. The Kier molecular flexibility index (Phi) is 35.2. The molecule has 0 heterocycles. The molecule has 0 bridgehead atoms. The first-order chi connectivity index (χ1) is 26.5.